The lowest BCUT2D eigenvalue weighted by Crippen LogP contribution is -2.05. The molecule has 3 aromatic rings. The van der Waals surface area contributed by atoms with Crippen LogP contribution < -0.4 is 9.47 Å². The summed E-state index contributed by atoms with van der Waals surface area (Å²) in [6.45, 7) is 3.93. The number of carbonyl (C=O) groups is 2. The molecule has 0 aliphatic rings. The van der Waals surface area contributed by atoms with E-state index in [0.717, 1.165) is 22.6 Å². The maximum atomic E-state index is 12.9. The number of thiophene rings is 1. The predicted molar refractivity (Wildman–Crippen MR) is 136 cm³/mol. The van der Waals surface area contributed by atoms with Crippen molar-refractivity contribution in [1.29, 1.82) is 10.5 Å². The summed E-state index contributed by atoms with van der Waals surface area (Å²) in [5, 5.41) is 19.1. The van der Waals surface area contributed by atoms with Crippen LogP contribution in [-0.4, -0.2) is 25.5 Å². The van der Waals surface area contributed by atoms with Gasteiger partial charge >= 0.3 is 5.97 Å². The van der Waals surface area contributed by atoms with Gasteiger partial charge in [-0.2, -0.15) is 10.5 Å². The van der Waals surface area contributed by atoms with E-state index in [-0.39, 0.29) is 24.2 Å². The first kappa shape index (κ1) is 26.2. The van der Waals surface area contributed by atoms with Crippen molar-refractivity contribution in [2.24, 2.45) is 0 Å². The number of benzene rings is 2. The number of methoxy groups -OCH3 is 1. The first-order chi connectivity index (χ1) is 17.4. The lowest BCUT2D eigenvalue weighted by molar-refractivity contribution is -0.114. The van der Waals surface area contributed by atoms with E-state index in [1.807, 2.05) is 30.3 Å². The highest BCUT2D eigenvalue weighted by Crippen LogP contribution is 2.30. The summed E-state index contributed by atoms with van der Waals surface area (Å²) >= 11 is 1.05. The van der Waals surface area contributed by atoms with E-state index in [1.165, 1.54) is 6.08 Å². The molecule has 0 unspecified atom stereocenters. The molecule has 3 rings (SSSR count). The Morgan fingerprint density at radius 1 is 1.03 bits per heavy atom. The Hall–Kier alpha value is -4.40. The van der Waals surface area contributed by atoms with Gasteiger partial charge in [-0.05, 0) is 60.9 Å². The summed E-state index contributed by atoms with van der Waals surface area (Å²) in [5.74, 6) is 0.452. The van der Waals surface area contributed by atoms with Crippen LogP contribution in [0.1, 0.15) is 43.7 Å². The number of ether oxygens (including phenoxy) is 3. The van der Waals surface area contributed by atoms with Crippen molar-refractivity contribution >= 4 is 29.2 Å². The molecule has 0 spiro atoms. The van der Waals surface area contributed by atoms with Crippen LogP contribution in [0.3, 0.4) is 0 Å². The van der Waals surface area contributed by atoms with E-state index in [4.69, 9.17) is 14.2 Å². The largest absolute Gasteiger partial charge is 0.497 e. The summed E-state index contributed by atoms with van der Waals surface area (Å²) in [6.07, 6.45) is 1.34. The number of nitriles is 2. The Morgan fingerprint density at radius 2 is 1.69 bits per heavy atom. The minimum atomic E-state index is -0.527. The molecule has 36 heavy (non-hydrogen) atoms. The normalized spacial score (nSPS) is 10.8. The van der Waals surface area contributed by atoms with E-state index < -0.39 is 11.8 Å². The molecule has 0 N–H and O–H groups in total. The third-order valence-electron chi connectivity index (χ3n) is 5.29. The number of hydrogen-bond donors (Lipinski definition) is 0. The smallest absolute Gasteiger partial charge is 0.348 e. The van der Waals surface area contributed by atoms with Gasteiger partial charge in [-0.3, -0.25) is 4.79 Å². The van der Waals surface area contributed by atoms with E-state index in [0.29, 0.717) is 33.2 Å². The van der Waals surface area contributed by atoms with Crippen molar-refractivity contribution < 1.29 is 23.8 Å². The highest BCUT2D eigenvalue weighted by Gasteiger charge is 2.23. The zero-order chi connectivity index (χ0) is 26.1. The fourth-order valence-corrected chi connectivity index (χ4v) is 4.51. The molecule has 0 fully saturated rings. The standard InChI is InChI=1S/C28H24N2O5S/c1-4-34-28(32)27-18(2)24(16-30)26(36-27)14-25(31)21(15-29)13-19-5-11-23(12-6-19)35-17-20-7-9-22(33-3)10-8-20/h5-13H,4,14,17H2,1-3H3/b21-13+. The number of hydrogen-bond acceptors (Lipinski definition) is 8. The van der Waals surface area contributed by atoms with Crippen molar-refractivity contribution in [2.45, 2.75) is 26.9 Å². The van der Waals surface area contributed by atoms with Crippen molar-refractivity contribution in [1.82, 2.24) is 0 Å². The minimum absolute atomic E-state index is 0.0467. The third-order valence-corrected chi connectivity index (χ3v) is 6.56. The zero-order valence-electron chi connectivity index (χ0n) is 20.2. The second-order valence-corrected chi connectivity index (χ2v) is 8.77. The third kappa shape index (κ3) is 6.38. The van der Waals surface area contributed by atoms with Crippen molar-refractivity contribution in [3.05, 3.63) is 86.1 Å². The van der Waals surface area contributed by atoms with Crippen molar-refractivity contribution in [2.75, 3.05) is 13.7 Å². The quantitative estimate of drug-likeness (QED) is 0.208. The van der Waals surface area contributed by atoms with Crippen LogP contribution in [0.4, 0.5) is 0 Å². The Morgan fingerprint density at radius 3 is 2.28 bits per heavy atom. The Labute approximate surface area is 213 Å². The van der Waals surface area contributed by atoms with Gasteiger partial charge in [-0.25, -0.2) is 4.79 Å². The number of nitrogens with zero attached hydrogens (tertiary/aromatic N) is 2. The lowest BCUT2D eigenvalue weighted by atomic mass is 10.0. The number of Topliss-reactive ketones (excluding diaryl/α,β-unsaturated/α-hetero) is 1. The summed E-state index contributed by atoms with van der Waals surface area (Å²) in [7, 11) is 1.61. The number of rotatable bonds is 10. The van der Waals surface area contributed by atoms with Crippen LogP contribution in [-0.2, 0) is 22.6 Å². The Balaban J connectivity index is 1.70. The molecule has 0 aliphatic carbocycles. The van der Waals surface area contributed by atoms with Gasteiger partial charge in [0.2, 0.25) is 0 Å². The Kier molecular flexibility index (Phi) is 8.99. The molecule has 1 aromatic heterocycles. The van der Waals surface area contributed by atoms with Gasteiger partial charge in [0, 0.05) is 11.3 Å². The van der Waals surface area contributed by atoms with Crippen molar-refractivity contribution in [3.8, 4) is 23.6 Å². The molecule has 0 aliphatic heterocycles. The van der Waals surface area contributed by atoms with Crippen LogP contribution >= 0.6 is 11.3 Å². The molecule has 0 atom stereocenters. The maximum absolute atomic E-state index is 12.9. The highest BCUT2D eigenvalue weighted by atomic mass is 32.1. The van der Waals surface area contributed by atoms with Crippen molar-refractivity contribution in [3.63, 3.8) is 0 Å². The minimum Gasteiger partial charge on any atom is -0.497 e. The molecule has 0 amide bonds. The molecule has 182 valence electrons. The van der Waals surface area contributed by atoms with Gasteiger partial charge < -0.3 is 14.2 Å². The van der Waals surface area contributed by atoms with Gasteiger partial charge in [0.25, 0.3) is 0 Å². The molecule has 7 nitrogen and oxygen atoms in total. The molecular formula is C28H24N2O5S. The molecule has 0 radical (unpaired) electrons. The van der Waals surface area contributed by atoms with Crippen LogP contribution in [0.5, 0.6) is 11.5 Å². The first-order valence-corrected chi connectivity index (χ1v) is 11.9. The average Bonchev–Trinajstić information content (AvgIpc) is 3.21. The molecule has 1 heterocycles. The van der Waals surface area contributed by atoms with Gasteiger partial charge in [-0.1, -0.05) is 24.3 Å². The van der Waals surface area contributed by atoms with Crippen LogP contribution in [0.15, 0.2) is 54.1 Å². The summed E-state index contributed by atoms with van der Waals surface area (Å²) in [6, 6.07) is 18.6. The fraction of sp³-hybridized carbons (Fsp3) is 0.214. The predicted octanol–water partition coefficient (Wildman–Crippen LogP) is 5.41. The monoisotopic (exact) mass is 500 g/mol. The number of ketones is 1. The fourth-order valence-electron chi connectivity index (χ4n) is 3.37. The van der Waals surface area contributed by atoms with E-state index in [9.17, 15) is 20.1 Å². The van der Waals surface area contributed by atoms with Gasteiger partial charge in [0.05, 0.1) is 24.9 Å². The summed E-state index contributed by atoms with van der Waals surface area (Å²) < 4.78 is 16.0. The zero-order valence-corrected chi connectivity index (χ0v) is 21.0. The molecule has 0 bridgehead atoms. The van der Waals surface area contributed by atoms with Gasteiger partial charge in [-0.15, -0.1) is 11.3 Å². The van der Waals surface area contributed by atoms with Crippen LogP contribution in [0.2, 0.25) is 0 Å². The topological polar surface area (TPSA) is 109 Å². The second-order valence-electron chi connectivity index (χ2n) is 7.66. The average molecular weight is 501 g/mol. The summed E-state index contributed by atoms with van der Waals surface area (Å²) in [4.78, 5) is 25.8. The number of esters is 1. The molecule has 0 saturated heterocycles. The maximum Gasteiger partial charge on any atom is 0.348 e. The van der Waals surface area contributed by atoms with Gasteiger partial charge in [0.1, 0.15) is 35.1 Å². The highest BCUT2D eigenvalue weighted by molar-refractivity contribution is 7.14. The van der Waals surface area contributed by atoms with E-state index in [2.05, 4.69) is 6.07 Å². The van der Waals surface area contributed by atoms with E-state index in [1.54, 1.807) is 45.2 Å². The lowest BCUT2D eigenvalue weighted by Gasteiger charge is -2.07. The number of allylic oxidation sites excluding steroid dienone is 1. The number of carbonyl (C=O) groups excluding carboxylic acids is 2. The molecule has 8 heteroatoms. The Bertz CT molecular complexity index is 1360. The van der Waals surface area contributed by atoms with Gasteiger partial charge in [0.15, 0.2) is 5.78 Å². The molecular weight excluding hydrogens is 476 g/mol. The second kappa shape index (κ2) is 12.3. The molecule has 2 aromatic carbocycles. The van der Waals surface area contributed by atoms with E-state index >= 15 is 0 Å². The summed E-state index contributed by atoms with van der Waals surface area (Å²) in [5.41, 5.74) is 2.36. The van der Waals surface area contributed by atoms with Crippen LogP contribution in [0.25, 0.3) is 6.08 Å². The SMILES string of the molecule is CCOC(=O)c1sc(CC(=O)/C(C#N)=C/c2ccc(OCc3ccc(OC)cc3)cc2)c(C#N)c1C. The first-order valence-electron chi connectivity index (χ1n) is 11.1. The van der Waals surface area contributed by atoms with Crippen LogP contribution in [0, 0.1) is 29.6 Å². The molecule has 0 saturated carbocycles.